The predicted molar refractivity (Wildman–Crippen MR) is 81.1 cm³/mol. The molecule has 2 N–H and O–H groups in total. The lowest BCUT2D eigenvalue weighted by Gasteiger charge is -2.37. The maximum Gasteiger partial charge on any atom is 0.137 e. The van der Waals surface area contributed by atoms with Gasteiger partial charge >= 0.3 is 0 Å². The average molecular weight is 297 g/mol. The van der Waals surface area contributed by atoms with Gasteiger partial charge in [0, 0.05) is 17.8 Å². The molecular weight excluding hydrogens is 276 g/mol. The van der Waals surface area contributed by atoms with Crippen molar-refractivity contribution in [2.24, 2.45) is 0 Å². The van der Waals surface area contributed by atoms with E-state index in [1.807, 2.05) is 26.1 Å². The Kier molecular flexibility index (Phi) is 4.09. The number of hydrogen-bond donors (Lipinski definition) is 2. The van der Waals surface area contributed by atoms with Crippen LogP contribution in [0.15, 0.2) is 18.5 Å². The zero-order chi connectivity index (χ0) is 15.0. The van der Waals surface area contributed by atoms with Crippen molar-refractivity contribution in [3.8, 4) is 0 Å². The number of ether oxygens (including phenoxy) is 1. The van der Waals surface area contributed by atoms with Crippen LogP contribution in [0.5, 0.6) is 0 Å². The summed E-state index contributed by atoms with van der Waals surface area (Å²) >= 11 is 5.97. The van der Waals surface area contributed by atoms with Crippen LogP contribution in [0.4, 0.5) is 0 Å². The Morgan fingerprint density at radius 2 is 2.05 bits per heavy atom. The number of halogens is 1. The Balaban J connectivity index is 2.05. The Morgan fingerprint density at radius 3 is 2.70 bits per heavy atom. The number of rotatable bonds is 5. The molecule has 2 aromatic heterocycles. The highest BCUT2D eigenvalue weighted by atomic mass is 35.5. The largest absolute Gasteiger partial charge is 0.387 e. The zero-order valence-corrected chi connectivity index (χ0v) is 13.1. The first-order valence-electron chi connectivity index (χ1n) is 6.68. The van der Waals surface area contributed by atoms with Crippen molar-refractivity contribution >= 4 is 22.6 Å². The second-order valence-corrected chi connectivity index (χ2v) is 6.47. The maximum atomic E-state index is 10.1. The number of fused-ring (bicyclic) bond motifs is 1. The van der Waals surface area contributed by atoms with Crippen LogP contribution >= 0.6 is 11.6 Å². The number of aliphatic hydroxyl groups is 1. The molecule has 0 radical (unpaired) electrons. The van der Waals surface area contributed by atoms with Crippen molar-refractivity contribution < 1.29 is 9.84 Å². The zero-order valence-electron chi connectivity index (χ0n) is 12.3. The van der Waals surface area contributed by atoms with E-state index in [1.165, 1.54) is 0 Å². The fourth-order valence-corrected chi connectivity index (χ4v) is 1.99. The van der Waals surface area contributed by atoms with Crippen LogP contribution in [-0.4, -0.2) is 32.9 Å². The molecular formula is C15H21ClN2O2. The standard InChI is InChI=1S/C15H21ClN2O2/c1-14(2,19)15(3,4)20-6-5-10-8-17-13-12(10)7-11(16)9-18-13/h7-9,19H,5-6H2,1-4H3,(H,17,18). The maximum absolute atomic E-state index is 10.1. The van der Waals surface area contributed by atoms with E-state index >= 15 is 0 Å². The lowest BCUT2D eigenvalue weighted by molar-refractivity contribution is -0.146. The fourth-order valence-electron chi connectivity index (χ4n) is 1.83. The van der Waals surface area contributed by atoms with E-state index in [9.17, 15) is 5.11 Å². The number of nitrogens with zero attached hydrogens (tertiary/aromatic N) is 1. The van der Waals surface area contributed by atoms with Gasteiger partial charge in [0.05, 0.1) is 22.8 Å². The summed E-state index contributed by atoms with van der Waals surface area (Å²) in [4.78, 5) is 7.35. The molecule has 0 aliphatic rings. The van der Waals surface area contributed by atoms with Gasteiger partial charge in [0.25, 0.3) is 0 Å². The van der Waals surface area contributed by atoms with Gasteiger partial charge in [0.2, 0.25) is 0 Å². The number of aromatic nitrogens is 2. The van der Waals surface area contributed by atoms with Crippen LogP contribution in [0.1, 0.15) is 33.3 Å². The molecule has 0 aliphatic carbocycles. The van der Waals surface area contributed by atoms with Crippen LogP contribution < -0.4 is 0 Å². The van der Waals surface area contributed by atoms with E-state index in [4.69, 9.17) is 16.3 Å². The van der Waals surface area contributed by atoms with Crippen molar-refractivity contribution in [3.05, 3.63) is 29.0 Å². The van der Waals surface area contributed by atoms with Crippen LogP contribution in [0.2, 0.25) is 5.02 Å². The minimum Gasteiger partial charge on any atom is -0.387 e. The molecule has 2 rings (SSSR count). The second-order valence-electron chi connectivity index (χ2n) is 6.03. The highest BCUT2D eigenvalue weighted by Gasteiger charge is 2.35. The predicted octanol–water partition coefficient (Wildman–Crippen LogP) is 3.32. The Morgan fingerprint density at radius 1 is 1.35 bits per heavy atom. The number of aromatic amines is 1. The summed E-state index contributed by atoms with van der Waals surface area (Å²) in [5.74, 6) is 0. The monoisotopic (exact) mass is 296 g/mol. The molecule has 5 heteroatoms. The van der Waals surface area contributed by atoms with Crippen LogP contribution in [0, 0.1) is 0 Å². The van der Waals surface area contributed by atoms with E-state index in [0.717, 1.165) is 23.0 Å². The number of nitrogens with one attached hydrogen (secondary N) is 1. The average Bonchev–Trinajstić information content (AvgIpc) is 2.70. The van der Waals surface area contributed by atoms with Gasteiger partial charge in [-0.2, -0.15) is 0 Å². The molecule has 0 unspecified atom stereocenters. The smallest absolute Gasteiger partial charge is 0.137 e. The van der Waals surface area contributed by atoms with Crippen molar-refractivity contribution in [2.45, 2.75) is 45.3 Å². The molecule has 2 heterocycles. The van der Waals surface area contributed by atoms with Crippen LogP contribution in [-0.2, 0) is 11.2 Å². The van der Waals surface area contributed by atoms with E-state index in [1.54, 1.807) is 20.0 Å². The lowest BCUT2D eigenvalue weighted by Crippen LogP contribution is -2.47. The summed E-state index contributed by atoms with van der Waals surface area (Å²) in [5.41, 5.74) is 0.445. The summed E-state index contributed by atoms with van der Waals surface area (Å²) < 4.78 is 5.83. The summed E-state index contributed by atoms with van der Waals surface area (Å²) in [6, 6.07) is 1.90. The third-order valence-electron chi connectivity index (χ3n) is 3.89. The summed E-state index contributed by atoms with van der Waals surface area (Å²) in [5, 5.41) is 11.7. The molecule has 0 saturated heterocycles. The minimum absolute atomic E-state index is 0.524. The Bertz CT molecular complexity index is 599. The molecule has 0 saturated carbocycles. The molecule has 0 fully saturated rings. The van der Waals surface area contributed by atoms with E-state index in [0.29, 0.717) is 11.6 Å². The van der Waals surface area contributed by atoms with Gasteiger partial charge in [-0.3, -0.25) is 0 Å². The molecule has 20 heavy (non-hydrogen) atoms. The van der Waals surface area contributed by atoms with Gasteiger partial charge in [-0.15, -0.1) is 0 Å². The molecule has 2 aromatic rings. The molecule has 0 amide bonds. The molecule has 0 aromatic carbocycles. The van der Waals surface area contributed by atoms with E-state index in [2.05, 4.69) is 9.97 Å². The van der Waals surface area contributed by atoms with Crippen LogP contribution in [0.3, 0.4) is 0 Å². The number of H-pyrrole nitrogens is 1. The van der Waals surface area contributed by atoms with Gasteiger partial charge < -0.3 is 14.8 Å². The summed E-state index contributed by atoms with van der Waals surface area (Å²) in [6.45, 7) is 7.81. The quantitative estimate of drug-likeness (QED) is 0.890. The summed E-state index contributed by atoms with van der Waals surface area (Å²) in [7, 11) is 0. The molecule has 4 nitrogen and oxygen atoms in total. The highest BCUT2D eigenvalue weighted by molar-refractivity contribution is 6.31. The van der Waals surface area contributed by atoms with Crippen molar-refractivity contribution in [3.63, 3.8) is 0 Å². The third kappa shape index (κ3) is 3.14. The lowest BCUT2D eigenvalue weighted by atomic mass is 9.89. The SMILES string of the molecule is CC(C)(O)C(C)(C)OCCc1c[nH]c2ncc(Cl)cc12. The molecule has 0 aliphatic heterocycles. The first-order valence-corrected chi connectivity index (χ1v) is 7.06. The van der Waals surface area contributed by atoms with Gasteiger partial charge in [-0.1, -0.05) is 11.6 Å². The molecule has 0 spiro atoms. The van der Waals surface area contributed by atoms with Crippen LogP contribution in [0.25, 0.3) is 11.0 Å². The normalized spacial score (nSPS) is 13.1. The minimum atomic E-state index is -0.891. The van der Waals surface area contributed by atoms with Crippen molar-refractivity contribution in [2.75, 3.05) is 6.61 Å². The van der Waals surface area contributed by atoms with E-state index < -0.39 is 11.2 Å². The molecule has 110 valence electrons. The molecule has 0 atom stereocenters. The number of hydrogen-bond acceptors (Lipinski definition) is 3. The van der Waals surface area contributed by atoms with Gasteiger partial charge in [-0.05, 0) is 45.7 Å². The number of pyridine rings is 1. The first kappa shape index (κ1) is 15.3. The topological polar surface area (TPSA) is 58.1 Å². The van der Waals surface area contributed by atoms with Gasteiger partial charge in [0.15, 0.2) is 0 Å². The van der Waals surface area contributed by atoms with Gasteiger partial charge in [0.1, 0.15) is 5.65 Å². The second kappa shape index (κ2) is 5.35. The van der Waals surface area contributed by atoms with Crippen molar-refractivity contribution in [1.82, 2.24) is 9.97 Å². The third-order valence-corrected chi connectivity index (χ3v) is 4.10. The first-order chi connectivity index (χ1) is 9.21. The Labute approximate surface area is 124 Å². The summed E-state index contributed by atoms with van der Waals surface area (Å²) in [6.07, 6.45) is 4.29. The van der Waals surface area contributed by atoms with Crippen molar-refractivity contribution in [1.29, 1.82) is 0 Å². The Hall–Kier alpha value is -1.10. The fraction of sp³-hybridized carbons (Fsp3) is 0.533. The highest BCUT2D eigenvalue weighted by Crippen LogP contribution is 2.26. The van der Waals surface area contributed by atoms with E-state index in [-0.39, 0.29) is 0 Å². The van der Waals surface area contributed by atoms with Gasteiger partial charge in [-0.25, -0.2) is 4.98 Å². The molecule has 0 bridgehead atoms.